The zero-order chi connectivity index (χ0) is 26.6. The first kappa shape index (κ1) is 26.5. The van der Waals surface area contributed by atoms with Gasteiger partial charge in [0.25, 0.3) is 0 Å². The van der Waals surface area contributed by atoms with Gasteiger partial charge in [-0.25, -0.2) is 9.97 Å². The van der Waals surface area contributed by atoms with Crippen molar-refractivity contribution in [1.29, 1.82) is 0 Å². The maximum atomic E-state index is 6.62. The van der Waals surface area contributed by atoms with E-state index in [1.54, 1.807) is 20.3 Å². The Bertz CT molecular complexity index is 1390. The molecule has 1 aliphatic rings. The molecule has 38 heavy (non-hydrogen) atoms. The Labute approximate surface area is 233 Å². The summed E-state index contributed by atoms with van der Waals surface area (Å²) in [5.41, 5.74) is 2.72. The summed E-state index contributed by atoms with van der Waals surface area (Å²) in [7, 11) is 3.13. The smallest absolute Gasteiger partial charge is 0.141 e. The zero-order valence-corrected chi connectivity index (χ0v) is 23.3. The molecule has 2 aromatic carbocycles. The molecule has 3 heterocycles. The molecule has 0 unspecified atom stereocenters. The van der Waals surface area contributed by atoms with Crippen molar-refractivity contribution in [3.05, 3.63) is 70.5 Å². The summed E-state index contributed by atoms with van der Waals surface area (Å²) in [6, 6.07) is 13.8. The van der Waals surface area contributed by atoms with Crippen LogP contribution in [-0.2, 0) is 6.54 Å². The highest BCUT2D eigenvalue weighted by Gasteiger charge is 2.19. The van der Waals surface area contributed by atoms with Crippen LogP contribution in [-0.4, -0.2) is 66.7 Å². The molecular weight excluding hydrogens is 521 g/mol. The van der Waals surface area contributed by atoms with Crippen LogP contribution in [0, 0.1) is 0 Å². The number of fused-ring (bicyclic) bond motifs is 1. The molecule has 4 aromatic rings. The number of methoxy groups -OCH3 is 2. The van der Waals surface area contributed by atoms with Gasteiger partial charge in [0.15, 0.2) is 0 Å². The summed E-state index contributed by atoms with van der Waals surface area (Å²) in [6.07, 6.45) is 3.77. The molecule has 198 valence electrons. The van der Waals surface area contributed by atoms with E-state index in [2.05, 4.69) is 38.1 Å². The van der Waals surface area contributed by atoms with Gasteiger partial charge in [0.1, 0.15) is 23.1 Å². The van der Waals surface area contributed by atoms with Crippen LogP contribution in [0.1, 0.15) is 12.5 Å². The Morgan fingerprint density at radius 3 is 2.11 bits per heavy atom. The molecule has 1 N–H and O–H groups in total. The van der Waals surface area contributed by atoms with Crippen molar-refractivity contribution in [2.45, 2.75) is 13.5 Å². The van der Waals surface area contributed by atoms with E-state index in [0.717, 1.165) is 67.2 Å². The molecule has 0 radical (unpaired) electrons. The van der Waals surface area contributed by atoms with E-state index in [9.17, 15) is 0 Å². The van der Waals surface area contributed by atoms with Crippen LogP contribution in [0.5, 0.6) is 11.5 Å². The molecule has 7 nitrogen and oxygen atoms in total. The van der Waals surface area contributed by atoms with Crippen LogP contribution in [0.15, 0.2) is 54.9 Å². The third-order valence-corrected chi connectivity index (χ3v) is 7.73. The number of hydrogen-bond donors (Lipinski definition) is 1. The van der Waals surface area contributed by atoms with Gasteiger partial charge in [-0.1, -0.05) is 48.3 Å². The van der Waals surface area contributed by atoms with Gasteiger partial charge in [0.2, 0.25) is 0 Å². The molecule has 0 bridgehead atoms. The Balaban J connectivity index is 1.31. The van der Waals surface area contributed by atoms with E-state index in [0.29, 0.717) is 27.1 Å². The molecule has 1 saturated heterocycles. The molecule has 2 aromatic heterocycles. The van der Waals surface area contributed by atoms with Crippen molar-refractivity contribution in [1.82, 2.24) is 19.8 Å². The lowest BCUT2D eigenvalue weighted by atomic mass is 10.0. The normalized spacial score (nSPS) is 14.6. The number of halogens is 2. The first-order valence-electron chi connectivity index (χ1n) is 12.7. The first-order chi connectivity index (χ1) is 18.5. The molecule has 0 aliphatic carbocycles. The third-order valence-electron chi connectivity index (χ3n) is 6.98. The topological polar surface area (TPSA) is 62.8 Å². The number of benzene rings is 2. The van der Waals surface area contributed by atoms with E-state index in [4.69, 9.17) is 32.7 Å². The summed E-state index contributed by atoms with van der Waals surface area (Å²) < 4.78 is 10.8. The predicted octanol–water partition coefficient (Wildman–Crippen LogP) is 6.50. The van der Waals surface area contributed by atoms with Crippen molar-refractivity contribution in [2.75, 3.05) is 52.3 Å². The highest BCUT2D eigenvalue weighted by Crippen LogP contribution is 2.46. The monoisotopic (exact) mass is 551 g/mol. The van der Waals surface area contributed by atoms with Crippen molar-refractivity contribution < 1.29 is 9.47 Å². The quantitative estimate of drug-likeness (QED) is 0.268. The van der Waals surface area contributed by atoms with Crippen LogP contribution < -0.4 is 14.8 Å². The Morgan fingerprint density at radius 2 is 1.47 bits per heavy atom. The standard InChI is InChI=1S/C29H31Cl2N5O2/c1-4-35-9-11-36(12-10-35)18-19-5-8-25(32-16-19)34-26-14-20-6-7-21(13-22(20)17-33-26)27-28(30)23(37-2)15-24(38-3)29(27)31/h5-8,13-17H,4,9-12,18H2,1-3H3,(H,32,33,34). The maximum absolute atomic E-state index is 6.62. The lowest BCUT2D eigenvalue weighted by Gasteiger charge is -2.33. The van der Waals surface area contributed by atoms with E-state index >= 15 is 0 Å². The second-order valence-electron chi connectivity index (χ2n) is 9.30. The fourth-order valence-electron chi connectivity index (χ4n) is 4.75. The summed E-state index contributed by atoms with van der Waals surface area (Å²) in [4.78, 5) is 14.2. The number of pyridine rings is 2. The molecule has 5 rings (SSSR count). The highest BCUT2D eigenvalue weighted by atomic mass is 35.5. The fraction of sp³-hybridized carbons (Fsp3) is 0.310. The fourth-order valence-corrected chi connectivity index (χ4v) is 5.47. The number of likely N-dealkylation sites (N-methyl/N-ethyl adjacent to an activating group) is 1. The second-order valence-corrected chi connectivity index (χ2v) is 10.1. The van der Waals surface area contributed by atoms with Gasteiger partial charge in [0.05, 0.1) is 24.3 Å². The van der Waals surface area contributed by atoms with Gasteiger partial charge in [-0.2, -0.15) is 0 Å². The number of piperazine rings is 1. The van der Waals surface area contributed by atoms with Crippen LogP contribution in [0.3, 0.4) is 0 Å². The summed E-state index contributed by atoms with van der Waals surface area (Å²) in [5.74, 6) is 2.48. The van der Waals surface area contributed by atoms with Gasteiger partial charge in [0, 0.05) is 62.1 Å². The predicted molar refractivity (Wildman–Crippen MR) is 155 cm³/mol. The number of aromatic nitrogens is 2. The highest BCUT2D eigenvalue weighted by molar-refractivity contribution is 6.41. The van der Waals surface area contributed by atoms with Gasteiger partial charge in [-0.15, -0.1) is 0 Å². The molecule has 0 spiro atoms. The number of anilines is 2. The molecule has 0 saturated carbocycles. The lowest BCUT2D eigenvalue weighted by molar-refractivity contribution is 0.132. The summed E-state index contributed by atoms with van der Waals surface area (Å²) >= 11 is 13.2. The molecule has 9 heteroatoms. The number of hydrogen-bond acceptors (Lipinski definition) is 7. The average molecular weight is 553 g/mol. The third kappa shape index (κ3) is 5.66. The maximum Gasteiger partial charge on any atom is 0.141 e. The average Bonchev–Trinajstić information content (AvgIpc) is 2.95. The summed E-state index contributed by atoms with van der Waals surface area (Å²) in [5, 5.41) is 6.16. The lowest BCUT2D eigenvalue weighted by Crippen LogP contribution is -2.45. The molecule has 0 atom stereocenters. The zero-order valence-electron chi connectivity index (χ0n) is 21.8. The van der Waals surface area contributed by atoms with Crippen molar-refractivity contribution in [3.63, 3.8) is 0 Å². The number of ether oxygens (including phenoxy) is 2. The number of rotatable bonds is 8. The minimum absolute atomic E-state index is 0.432. The molecule has 1 aliphatic heterocycles. The van der Waals surface area contributed by atoms with Crippen LogP contribution in [0.2, 0.25) is 10.0 Å². The van der Waals surface area contributed by atoms with Gasteiger partial charge in [-0.05, 0) is 41.3 Å². The van der Waals surface area contributed by atoms with Crippen LogP contribution in [0.4, 0.5) is 11.6 Å². The minimum atomic E-state index is 0.432. The molecular formula is C29H31Cl2N5O2. The Kier molecular flexibility index (Phi) is 8.19. The van der Waals surface area contributed by atoms with Crippen LogP contribution >= 0.6 is 23.2 Å². The van der Waals surface area contributed by atoms with Gasteiger partial charge in [-0.3, -0.25) is 4.90 Å². The van der Waals surface area contributed by atoms with Crippen LogP contribution in [0.25, 0.3) is 21.9 Å². The Morgan fingerprint density at radius 1 is 0.789 bits per heavy atom. The second kappa shape index (κ2) is 11.7. The SMILES string of the molecule is CCN1CCN(Cc2ccc(Nc3cc4ccc(-c5c(Cl)c(OC)cc(OC)c5Cl)cc4cn3)nc2)CC1. The summed E-state index contributed by atoms with van der Waals surface area (Å²) in [6.45, 7) is 8.73. The van der Waals surface area contributed by atoms with Gasteiger partial charge < -0.3 is 19.7 Å². The first-order valence-corrected chi connectivity index (χ1v) is 13.4. The van der Waals surface area contributed by atoms with E-state index in [-0.39, 0.29) is 0 Å². The minimum Gasteiger partial charge on any atom is -0.495 e. The van der Waals surface area contributed by atoms with E-state index < -0.39 is 0 Å². The number of nitrogens with one attached hydrogen (secondary N) is 1. The number of nitrogens with zero attached hydrogens (tertiary/aromatic N) is 4. The Hall–Kier alpha value is -3.10. The van der Waals surface area contributed by atoms with Gasteiger partial charge >= 0.3 is 0 Å². The molecule has 0 amide bonds. The van der Waals surface area contributed by atoms with E-state index in [1.807, 2.05) is 42.7 Å². The van der Waals surface area contributed by atoms with Crippen molar-refractivity contribution in [2.24, 2.45) is 0 Å². The molecule has 1 fully saturated rings. The van der Waals surface area contributed by atoms with Crippen molar-refractivity contribution in [3.8, 4) is 22.6 Å². The van der Waals surface area contributed by atoms with Crippen molar-refractivity contribution >= 4 is 45.6 Å². The van der Waals surface area contributed by atoms with E-state index in [1.165, 1.54) is 5.56 Å². The largest absolute Gasteiger partial charge is 0.495 e.